The molecule has 2 aliphatic heterocycles. The van der Waals surface area contributed by atoms with E-state index in [1.165, 1.54) is 41.9 Å². The number of anilines is 9. The maximum absolute atomic E-state index is 4.29. The summed E-state index contributed by atoms with van der Waals surface area (Å²) in [6.45, 7) is 0. The minimum atomic E-state index is -2.87. The van der Waals surface area contributed by atoms with Gasteiger partial charge in [-0.3, -0.25) is 9.97 Å². The number of benzene rings is 9. The number of rotatable bonds is 9. The Balaban J connectivity index is 1.08. The van der Waals surface area contributed by atoms with Crippen LogP contribution in [0.2, 0.25) is 0 Å². The number of para-hydroxylation sites is 4. The average molecular weight is 944 g/mol. The van der Waals surface area contributed by atoms with Crippen LogP contribution in [0.3, 0.4) is 0 Å². The molecule has 0 N–H and O–H groups in total. The molecule has 5 nitrogen and oxygen atoms in total. The van der Waals surface area contributed by atoms with Gasteiger partial charge in [0.15, 0.2) is 8.07 Å². The molecular weight excluding hydrogens is 899 g/mol. The van der Waals surface area contributed by atoms with E-state index in [2.05, 4.69) is 273 Å². The molecule has 71 heavy (non-hydrogen) atoms. The van der Waals surface area contributed by atoms with Crippen LogP contribution in [0.25, 0.3) is 22.3 Å². The second kappa shape index (κ2) is 18.0. The maximum atomic E-state index is 4.29. The SMILES string of the molecule is c1ccc([Si]2(c3ccccc3)c3ccccc3N(c3cc(N(c4ccc(-c5ccncc5)cc4)c4ccc(-c5ccncc5)cc4)cc(N4c5ccccc5Sc5ccccc54)c3)c3ccccc32)cc1. The Labute approximate surface area is 419 Å². The topological polar surface area (TPSA) is 35.5 Å². The van der Waals surface area contributed by atoms with Crippen LogP contribution in [0, 0.1) is 0 Å². The molecule has 0 unspecified atom stereocenters. The molecule has 2 aliphatic rings. The molecule has 11 aromatic rings. The molecule has 0 radical (unpaired) electrons. The number of hydrogen-bond donors (Lipinski definition) is 0. The highest BCUT2D eigenvalue weighted by molar-refractivity contribution is 7.99. The van der Waals surface area contributed by atoms with Gasteiger partial charge in [-0.1, -0.05) is 157 Å². The van der Waals surface area contributed by atoms with E-state index in [4.69, 9.17) is 0 Å². The van der Waals surface area contributed by atoms with Gasteiger partial charge in [-0.05, 0) is 146 Å². The first-order valence-corrected chi connectivity index (χ1v) is 26.8. The maximum Gasteiger partial charge on any atom is 0.184 e. The van der Waals surface area contributed by atoms with Gasteiger partial charge in [0.2, 0.25) is 0 Å². The van der Waals surface area contributed by atoms with E-state index in [-0.39, 0.29) is 0 Å². The molecule has 0 bridgehead atoms. The van der Waals surface area contributed by atoms with Crippen LogP contribution in [0.5, 0.6) is 0 Å². The fraction of sp³-hybridized carbons (Fsp3) is 0. The quantitative estimate of drug-likeness (QED) is 0.134. The van der Waals surface area contributed by atoms with Gasteiger partial charge in [0.05, 0.1) is 28.4 Å². The highest BCUT2D eigenvalue weighted by Crippen LogP contribution is 2.53. The van der Waals surface area contributed by atoms with Crippen LogP contribution < -0.4 is 35.4 Å². The van der Waals surface area contributed by atoms with Crippen molar-refractivity contribution < 1.29 is 0 Å². The van der Waals surface area contributed by atoms with Crippen molar-refractivity contribution in [3.63, 3.8) is 0 Å². The zero-order chi connectivity index (χ0) is 47.1. The monoisotopic (exact) mass is 943 g/mol. The Morgan fingerprint density at radius 1 is 0.324 bits per heavy atom. The summed E-state index contributed by atoms with van der Waals surface area (Å²) in [7, 11) is -2.87. The van der Waals surface area contributed by atoms with Crippen LogP contribution in [-0.4, -0.2) is 18.0 Å². The van der Waals surface area contributed by atoms with E-state index in [9.17, 15) is 0 Å². The van der Waals surface area contributed by atoms with Crippen LogP contribution in [-0.2, 0) is 0 Å². The van der Waals surface area contributed by atoms with Crippen molar-refractivity contribution in [1.82, 2.24) is 9.97 Å². The average Bonchev–Trinajstić information content (AvgIpc) is 3.45. The summed E-state index contributed by atoms with van der Waals surface area (Å²) in [5, 5.41) is 5.42. The molecule has 13 rings (SSSR count). The molecule has 0 atom stereocenters. The molecular formula is C64H45N5SSi. The van der Waals surface area contributed by atoms with Crippen LogP contribution in [0.1, 0.15) is 0 Å². The third-order valence-electron chi connectivity index (χ3n) is 13.9. The smallest absolute Gasteiger partial charge is 0.184 e. The summed E-state index contributed by atoms with van der Waals surface area (Å²) >= 11 is 1.83. The third kappa shape index (κ3) is 7.33. The largest absolute Gasteiger partial charge is 0.310 e. The summed E-state index contributed by atoms with van der Waals surface area (Å²) in [6, 6.07) is 91.6. The van der Waals surface area contributed by atoms with Gasteiger partial charge in [-0.25, -0.2) is 0 Å². The van der Waals surface area contributed by atoms with Gasteiger partial charge >= 0.3 is 0 Å². The summed E-state index contributed by atoms with van der Waals surface area (Å²) in [6.07, 6.45) is 7.41. The molecule has 4 heterocycles. The molecule has 0 aliphatic carbocycles. The first-order chi connectivity index (χ1) is 35.2. The van der Waals surface area contributed by atoms with Gasteiger partial charge in [-0.2, -0.15) is 0 Å². The Bertz CT molecular complexity index is 3470. The standard InChI is InChI=1S/C64H45N5SSi/c1-3-15-55(16-4-1)71(56-17-5-2-6-18-56)63-25-13-9-21-59(63)69(60-22-10-14-26-64(60)71)54-44-52(43-53(45-54)68-57-19-7-11-23-61(57)70-62-24-12-8-20-58(62)68)67(50-31-27-46(28-32-50)48-35-39-65-40-36-48)51-33-29-47(30-34-51)49-37-41-66-42-38-49/h1-45H. The van der Waals surface area contributed by atoms with Crippen LogP contribution >= 0.6 is 11.8 Å². The first-order valence-electron chi connectivity index (χ1n) is 23.9. The molecule has 0 saturated heterocycles. The van der Waals surface area contributed by atoms with Crippen molar-refractivity contribution >= 4 is 91.8 Å². The number of aromatic nitrogens is 2. The fourth-order valence-corrected chi connectivity index (χ4v) is 16.9. The van der Waals surface area contributed by atoms with E-state index in [0.717, 1.165) is 62.1 Å². The lowest BCUT2D eigenvalue weighted by Gasteiger charge is -2.45. The number of pyridine rings is 2. The molecule has 336 valence electrons. The Hall–Kier alpha value is -8.75. The van der Waals surface area contributed by atoms with E-state index >= 15 is 0 Å². The summed E-state index contributed by atoms with van der Waals surface area (Å²) in [5.74, 6) is 0. The minimum absolute atomic E-state index is 1.02. The van der Waals surface area contributed by atoms with Gasteiger partial charge in [0.25, 0.3) is 0 Å². The Morgan fingerprint density at radius 2 is 0.690 bits per heavy atom. The van der Waals surface area contributed by atoms with E-state index in [1.54, 1.807) is 0 Å². The minimum Gasteiger partial charge on any atom is -0.310 e. The highest BCUT2D eigenvalue weighted by atomic mass is 32.2. The van der Waals surface area contributed by atoms with Crippen molar-refractivity contribution in [2.45, 2.75) is 9.79 Å². The lowest BCUT2D eigenvalue weighted by atomic mass is 10.0. The lowest BCUT2D eigenvalue weighted by molar-refractivity contribution is 1.16. The summed E-state index contributed by atoms with van der Waals surface area (Å²) in [5.41, 5.74) is 14.4. The lowest BCUT2D eigenvalue weighted by Crippen LogP contribution is -2.77. The summed E-state index contributed by atoms with van der Waals surface area (Å²) < 4.78 is 0. The predicted octanol–water partition coefficient (Wildman–Crippen LogP) is 14.4. The molecule has 7 heteroatoms. The molecule has 0 fully saturated rings. The van der Waals surface area contributed by atoms with Crippen LogP contribution in [0.15, 0.2) is 283 Å². The van der Waals surface area contributed by atoms with Gasteiger partial charge in [0, 0.05) is 57.3 Å². The third-order valence-corrected chi connectivity index (χ3v) is 19.9. The van der Waals surface area contributed by atoms with Crippen LogP contribution in [0.4, 0.5) is 51.2 Å². The molecule has 0 saturated carbocycles. The zero-order valence-electron chi connectivity index (χ0n) is 38.6. The van der Waals surface area contributed by atoms with Crippen molar-refractivity contribution in [3.05, 3.63) is 274 Å². The van der Waals surface area contributed by atoms with Crippen molar-refractivity contribution in [2.24, 2.45) is 0 Å². The highest BCUT2D eigenvalue weighted by Gasteiger charge is 2.48. The molecule has 0 spiro atoms. The second-order valence-corrected chi connectivity index (χ2v) is 22.6. The van der Waals surface area contributed by atoms with E-state index in [0.29, 0.717) is 0 Å². The van der Waals surface area contributed by atoms with Gasteiger partial charge < -0.3 is 14.7 Å². The zero-order valence-corrected chi connectivity index (χ0v) is 40.4. The van der Waals surface area contributed by atoms with E-state index < -0.39 is 8.07 Å². The second-order valence-electron chi connectivity index (χ2n) is 17.8. The normalized spacial score (nSPS) is 13.1. The van der Waals surface area contributed by atoms with Crippen molar-refractivity contribution in [2.75, 3.05) is 14.7 Å². The van der Waals surface area contributed by atoms with Crippen molar-refractivity contribution in [1.29, 1.82) is 0 Å². The predicted molar refractivity (Wildman–Crippen MR) is 298 cm³/mol. The number of hydrogen-bond acceptors (Lipinski definition) is 6. The first kappa shape index (κ1) is 42.4. The van der Waals surface area contributed by atoms with Gasteiger partial charge in [-0.15, -0.1) is 0 Å². The van der Waals surface area contributed by atoms with E-state index in [1.807, 2.05) is 36.5 Å². The van der Waals surface area contributed by atoms with Gasteiger partial charge in [0.1, 0.15) is 0 Å². The molecule has 2 aromatic heterocycles. The van der Waals surface area contributed by atoms with Crippen molar-refractivity contribution in [3.8, 4) is 22.3 Å². The molecule has 9 aromatic carbocycles. The summed E-state index contributed by atoms with van der Waals surface area (Å²) in [4.78, 5) is 18.4. The number of nitrogens with zero attached hydrogens (tertiary/aromatic N) is 5. The Kier molecular flexibility index (Phi) is 10.7. The Morgan fingerprint density at radius 3 is 1.14 bits per heavy atom. The molecule has 0 amide bonds. The number of fused-ring (bicyclic) bond motifs is 4. The fourth-order valence-electron chi connectivity index (χ4n) is 10.8.